The predicted molar refractivity (Wildman–Crippen MR) is 25.8 cm³/mol. The van der Waals surface area contributed by atoms with Gasteiger partial charge in [0.15, 0.2) is 0 Å². The summed E-state index contributed by atoms with van der Waals surface area (Å²) in [5.41, 5.74) is 0. The number of hydrogen-bond acceptors (Lipinski definition) is 4. The zero-order chi connectivity index (χ0) is 6.41. The number of ether oxygens (including phenoxy) is 1. The number of carbonyl (C=O) groups excluding carboxylic acids is 1. The van der Waals surface area contributed by atoms with Crippen molar-refractivity contribution in [3.8, 4) is 0 Å². The monoisotopic (exact) mass is 140 g/mol. The van der Waals surface area contributed by atoms with E-state index in [4.69, 9.17) is 16.9 Å². The molecule has 1 N–H and O–H groups in total. The molecule has 5 heteroatoms. The summed E-state index contributed by atoms with van der Waals surface area (Å²) in [4.78, 5) is 13.0. The fourth-order valence-electron chi connectivity index (χ4n) is 0.148. The maximum absolute atomic E-state index is 9.82. The Balaban J connectivity index is 2.99. The molecule has 0 aliphatic carbocycles. The van der Waals surface area contributed by atoms with Crippen LogP contribution in [-0.4, -0.2) is 23.9 Å². The average Bonchev–Trinajstić information content (AvgIpc) is 1.83. The van der Waals surface area contributed by atoms with Crippen molar-refractivity contribution in [3.63, 3.8) is 0 Å². The van der Waals surface area contributed by atoms with Crippen molar-refractivity contribution in [1.29, 1.82) is 0 Å². The van der Waals surface area contributed by atoms with Gasteiger partial charge in [-0.3, -0.25) is 4.89 Å². The van der Waals surface area contributed by atoms with Crippen molar-refractivity contribution < 1.29 is 19.7 Å². The van der Waals surface area contributed by atoms with E-state index in [1.54, 1.807) is 0 Å². The van der Waals surface area contributed by atoms with E-state index in [2.05, 4.69) is 9.62 Å². The summed E-state index contributed by atoms with van der Waals surface area (Å²) < 4.78 is 4.10. The van der Waals surface area contributed by atoms with E-state index >= 15 is 0 Å². The third-order valence-corrected chi connectivity index (χ3v) is 0.526. The van der Waals surface area contributed by atoms with E-state index < -0.39 is 6.16 Å². The largest absolute Gasteiger partial charge is 0.540 e. The van der Waals surface area contributed by atoms with Gasteiger partial charge in [-0.15, -0.1) is 11.6 Å². The maximum atomic E-state index is 9.82. The van der Waals surface area contributed by atoms with Gasteiger partial charge in [-0.25, -0.2) is 4.79 Å². The highest BCUT2D eigenvalue weighted by atomic mass is 35.5. The zero-order valence-electron chi connectivity index (χ0n) is 3.96. The van der Waals surface area contributed by atoms with Gasteiger partial charge in [-0.05, 0) is 0 Å². The SMILES string of the molecule is O=C(OO)OCCCl. The Bertz CT molecular complexity index is 73.7. The van der Waals surface area contributed by atoms with Crippen LogP contribution in [0.25, 0.3) is 0 Å². The Morgan fingerprint density at radius 3 is 2.75 bits per heavy atom. The number of rotatable bonds is 2. The quantitative estimate of drug-likeness (QED) is 0.267. The third kappa shape index (κ3) is 3.70. The highest BCUT2D eigenvalue weighted by molar-refractivity contribution is 6.18. The first-order chi connectivity index (χ1) is 3.81. The van der Waals surface area contributed by atoms with Gasteiger partial charge in [0.2, 0.25) is 0 Å². The molecule has 0 aromatic carbocycles. The van der Waals surface area contributed by atoms with Crippen molar-refractivity contribution >= 4 is 17.8 Å². The van der Waals surface area contributed by atoms with E-state index in [0.717, 1.165) is 0 Å². The Morgan fingerprint density at radius 1 is 1.75 bits per heavy atom. The fraction of sp³-hybridized carbons (Fsp3) is 0.667. The summed E-state index contributed by atoms with van der Waals surface area (Å²) >= 11 is 5.09. The average molecular weight is 141 g/mol. The molecule has 4 nitrogen and oxygen atoms in total. The van der Waals surface area contributed by atoms with Crippen molar-refractivity contribution in [3.05, 3.63) is 0 Å². The van der Waals surface area contributed by atoms with Crippen molar-refractivity contribution in [1.82, 2.24) is 0 Å². The molecule has 0 amide bonds. The van der Waals surface area contributed by atoms with Crippen LogP contribution >= 0.6 is 11.6 Å². The van der Waals surface area contributed by atoms with Gasteiger partial charge in [0, 0.05) is 0 Å². The molecule has 0 saturated carbocycles. The topological polar surface area (TPSA) is 55.8 Å². The molecular weight excluding hydrogens is 135 g/mol. The molecule has 0 aromatic heterocycles. The van der Waals surface area contributed by atoms with Crippen molar-refractivity contribution in [2.24, 2.45) is 0 Å². The molecule has 48 valence electrons. The fourth-order valence-corrected chi connectivity index (χ4v) is 0.225. The molecule has 0 aliphatic heterocycles. The highest BCUT2D eigenvalue weighted by Gasteiger charge is 1.98. The van der Waals surface area contributed by atoms with Crippen LogP contribution in [0.4, 0.5) is 4.79 Å². The Kier molecular flexibility index (Phi) is 4.39. The van der Waals surface area contributed by atoms with Gasteiger partial charge in [0.1, 0.15) is 6.61 Å². The minimum atomic E-state index is -1.13. The van der Waals surface area contributed by atoms with E-state index in [9.17, 15) is 4.79 Å². The second-order valence-corrected chi connectivity index (χ2v) is 1.26. The third-order valence-electron chi connectivity index (χ3n) is 0.372. The minimum absolute atomic E-state index is 0.0426. The van der Waals surface area contributed by atoms with Crippen LogP contribution in [-0.2, 0) is 9.62 Å². The molecule has 0 spiro atoms. The van der Waals surface area contributed by atoms with Crippen molar-refractivity contribution in [2.75, 3.05) is 12.5 Å². The lowest BCUT2D eigenvalue weighted by atomic mass is 10.9. The van der Waals surface area contributed by atoms with Crippen LogP contribution in [0, 0.1) is 0 Å². The summed E-state index contributed by atoms with van der Waals surface area (Å²) in [6.07, 6.45) is -1.13. The Labute approximate surface area is 50.9 Å². The van der Waals surface area contributed by atoms with Crippen LogP contribution in [0.15, 0.2) is 0 Å². The Hall–Kier alpha value is -0.480. The Morgan fingerprint density at radius 2 is 2.38 bits per heavy atom. The van der Waals surface area contributed by atoms with E-state index in [0.29, 0.717) is 0 Å². The molecule has 0 atom stereocenters. The first-order valence-electron chi connectivity index (χ1n) is 1.85. The lowest BCUT2D eigenvalue weighted by molar-refractivity contribution is -0.200. The molecule has 0 radical (unpaired) electrons. The predicted octanol–water partition coefficient (Wildman–Crippen LogP) is 0.851. The van der Waals surface area contributed by atoms with Gasteiger partial charge in [0.05, 0.1) is 5.88 Å². The van der Waals surface area contributed by atoms with Crippen LogP contribution in [0.2, 0.25) is 0 Å². The van der Waals surface area contributed by atoms with Crippen LogP contribution < -0.4 is 0 Å². The van der Waals surface area contributed by atoms with Gasteiger partial charge in [0.25, 0.3) is 0 Å². The van der Waals surface area contributed by atoms with Crippen molar-refractivity contribution in [2.45, 2.75) is 0 Å². The van der Waals surface area contributed by atoms with E-state index in [1.807, 2.05) is 0 Å². The standard InChI is InChI=1S/C3H5ClO4/c4-1-2-7-3(5)8-6/h6H,1-2H2. The molecule has 0 saturated heterocycles. The second-order valence-electron chi connectivity index (χ2n) is 0.879. The van der Waals surface area contributed by atoms with Crippen LogP contribution in [0.5, 0.6) is 0 Å². The number of halogens is 1. The lowest BCUT2D eigenvalue weighted by Crippen LogP contribution is -2.05. The molecule has 0 rings (SSSR count). The molecule has 0 heterocycles. The summed E-state index contributed by atoms with van der Waals surface area (Å²) in [6.45, 7) is 0.0426. The molecule has 0 aliphatic rings. The van der Waals surface area contributed by atoms with Gasteiger partial charge in [-0.2, -0.15) is 5.26 Å². The summed E-state index contributed by atoms with van der Waals surface area (Å²) in [5.74, 6) is 0.190. The highest BCUT2D eigenvalue weighted by Crippen LogP contribution is 1.82. The molecular formula is C3H5ClO4. The maximum Gasteiger partial charge on any atom is 0.540 e. The molecule has 0 bridgehead atoms. The lowest BCUT2D eigenvalue weighted by Gasteiger charge is -1.94. The smallest absolute Gasteiger partial charge is 0.431 e. The number of alkyl halides is 1. The van der Waals surface area contributed by atoms with Gasteiger partial charge < -0.3 is 4.74 Å². The summed E-state index contributed by atoms with van der Waals surface area (Å²) in [7, 11) is 0. The normalized spacial score (nSPS) is 8.25. The van der Waals surface area contributed by atoms with Gasteiger partial charge >= 0.3 is 6.16 Å². The summed E-state index contributed by atoms with van der Waals surface area (Å²) in [6, 6.07) is 0. The van der Waals surface area contributed by atoms with E-state index in [1.165, 1.54) is 0 Å². The van der Waals surface area contributed by atoms with E-state index in [-0.39, 0.29) is 12.5 Å². The first-order valence-corrected chi connectivity index (χ1v) is 2.39. The molecule has 0 fully saturated rings. The minimum Gasteiger partial charge on any atom is -0.431 e. The van der Waals surface area contributed by atoms with Crippen LogP contribution in [0.3, 0.4) is 0 Å². The summed E-state index contributed by atoms with van der Waals surface area (Å²) in [5, 5.41) is 7.54. The first kappa shape index (κ1) is 7.52. The van der Waals surface area contributed by atoms with Crippen LogP contribution in [0.1, 0.15) is 0 Å². The number of carbonyl (C=O) groups is 1. The molecule has 0 unspecified atom stereocenters. The molecule has 8 heavy (non-hydrogen) atoms. The second kappa shape index (κ2) is 4.67. The zero-order valence-corrected chi connectivity index (χ0v) is 4.72. The molecule has 0 aromatic rings. The van der Waals surface area contributed by atoms with Gasteiger partial charge in [-0.1, -0.05) is 0 Å². The number of hydrogen-bond donors (Lipinski definition) is 1.